The van der Waals surface area contributed by atoms with Gasteiger partial charge in [0.05, 0.1) is 5.25 Å². The highest BCUT2D eigenvalue weighted by Crippen LogP contribution is 2.22. The monoisotopic (exact) mass is 271 g/mol. The van der Waals surface area contributed by atoms with Crippen LogP contribution in [0.2, 0.25) is 0 Å². The van der Waals surface area contributed by atoms with Gasteiger partial charge in [-0.2, -0.15) is 0 Å². The highest BCUT2D eigenvalue weighted by Gasteiger charge is 2.13. The predicted molar refractivity (Wildman–Crippen MR) is 80.0 cm³/mol. The van der Waals surface area contributed by atoms with Crippen LogP contribution in [0, 0.1) is 0 Å². The van der Waals surface area contributed by atoms with Crippen molar-refractivity contribution in [2.75, 3.05) is 0 Å². The van der Waals surface area contributed by atoms with E-state index < -0.39 is 0 Å². The topological polar surface area (TPSA) is 29.1 Å². The molecule has 2 aromatic rings. The third-order valence-corrected chi connectivity index (χ3v) is 3.85. The Morgan fingerprint density at radius 1 is 1.05 bits per heavy atom. The van der Waals surface area contributed by atoms with E-state index >= 15 is 0 Å². The van der Waals surface area contributed by atoms with Crippen molar-refractivity contribution in [3.8, 4) is 0 Å². The lowest BCUT2D eigenvalue weighted by Gasteiger charge is -2.12. The molecule has 0 saturated heterocycles. The zero-order valence-electron chi connectivity index (χ0n) is 10.9. The molecule has 19 heavy (non-hydrogen) atoms. The van der Waals surface area contributed by atoms with Gasteiger partial charge in [-0.3, -0.25) is 4.79 Å². The number of benzene rings is 2. The van der Waals surface area contributed by atoms with E-state index in [1.807, 2.05) is 67.6 Å². The van der Waals surface area contributed by atoms with E-state index in [4.69, 9.17) is 0 Å². The minimum atomic E-state index is -0.0916. The standard InChI is InChI=1S/C16H17NOS/c1-13(19-15-10-6-3-7-11-15)16(18)17-12-14-8-4-2-5-9-14/h2-11,13H,12H2,1H3,(H,17,18). The van der Waals surface area contributed by atoms with Gasteiger partial charge in [0.25, 0.3) is 0 Å². The first kappa shape index (κ1) is 13.7. The second-order valence-electron chi connectivity index (χ2n) is 4.28. The van der Waals surface area contributed by atoms with Gasteiger partial charge in [-0.15, -0.1) is 11.8 Å². The smallest absolute Gasteiger partial charge is 0.233 e. The Balaban J connectivity index is 1.83. The maximum atomic E-state index is 12.0. The molecule has 2 nitrogen and oxygen atoms in total. The van der Waals surface area contributed by atoms with Gasteiger partial charge >= 0.3 is 0 Å². The first-order valence-electron chi connectivity index (χ1n) is 6.29. The molecule has 0 aromatic heterocycles. The van der Waals surface area contributed by atoms with Gasteiger partial charge in [-0.05, 0) is 24.6 Å². The summed E-state index contributed by atoms with van der Waals surface area (Å²) < 4.78 is 0. The van der Waals surface area contributed by atoms with Crippen LogP contribution in [0.5, 0.6) is 0 Å². The van der Waals surface area contributed by atoms with E-state index in [1.54, 1.807) is 11.8 Å². The summed E-state index contributed by atoms with van der Waals surface area (Å²) in [7, 11) is 0. The number of hydrogen-bond acceptors (Lipinski definition) is 2. The highest BCUT2D eigenvalue weighted by atomic mass is 32.2. The molecule has 1 unspecified atom stereocenters. The molecule has 0 radical (unpaired) electrons. The normalized spacial score (nSPS) is 11.8. The first-order chi connectivity index (χ1) is 9.25. The van der Waals surface area contributed by atoms with Crippen LogP contribution in [0.25, 0.3) is 0 Å². The fourth-order valence-electron chi connectivity index (χ4n) is 1.69. The number of rotatable bonds is 5. The Bertz CT molecular complexity index is 513. The molecule has 1 N–H and O–H groups in total. The fourth-order valence-corrected chi connectivity index (χ4v) is 2.60. The lowest BCUT2D eigenvalue weighted by Crippen LogP contribution is -2.30. The molecule has 2 aromatic carbocycles. The van der Waals surface area contributed by atoms with Crippen LogP contribution < -0.4 is 5.32 Å². The molecule has 0 bridgehead atoms. The molecule has 0 heterocycles. The summed E-state index contributed by atoms with van der Waals surface area (Å²) in [5, 5.41) is 2.87. The largest absolute Gasteiger partial charge is 0.351 e. The molecular formula is C16H17NOS. The van der Waals surface area contributed by atoms with Gasteiger partial charge in [-0.25, -0.2) is 0 Å². The molecule has 1 amide bonds. The molecule has 0 aliphatic carbocycles. The van der Waals surface area contributed by atoms with Crippen molar-refractivity contribution in [3.63, 3.8) is 0 Å². The molecule has 98 valence electrons. The summed E-state index contributed by atoms with van der Waals surface area (Å²) in [6, 6.07) is 19.9. The summed E-state index contributed by atoms with van der Waals surface area (Å²) in [5.74, 6) is 0.0673. The number of hydrogen-bond donors (Lipinski definition) is 1. The van der Waals surface area contributed by atoms with E-state index in [9.17, 15) is 4.79 Å². The van der Waals surface area contributed by atoms with Crippen LogP contribution in [0.1, 0.15) is 12.5 Å². The summed E-state index contributed by atoms with van der Waals surface area (Å²) in [6.45, 7) is 2.51. The van der Waals surface area contributed by atoms with E-state index in [0.717, 1.165) is 10.5 Å². The van der Waals surface area contributed by atoms with Crippen LogP contribution in [-0.4, -0.2) is 11.2 Å². The van der Waals surface area contributed by atoms with Crippen LogP contribution in [0.3, 0.4) is 0 Å². The molecule has 3 heteroatoms. The van der Waals surface area contributed by atoms with Crippen LogP contribution >= 0.6 is 11.8 Å². The molecule has 0 aliphatic heterocycles. The number of thioether (sulfide) groups is 1. The van der Waals surface area contributed by atoms with Crippen molar-refractivity contribution in [2.45, 2.75) is 23.6 Å². The summed E-state index contributed by atoms with van der Waals surface area (Å²) in [4.78, 5) is 13.1. The maximum absolute atomic E-state index is 12.0. The Morgan fingerprint density at radius 3 is 2.26 bits per heavy atom. The van der Waals surface area contributed by atoms with Gasteiger partial charge in [-0.1, -0.05) is 48.5 Å². The lowest BCUT2D eigenvalue weighted by atomic mass is 10.2. The molecule has 2 rings (SSSR count). The summed E-state index contributed by atoms with van der Waals surface area (Å²) in [6.07, 6.45) is 0. The second kappa shape index (κ2) is 7.00. The van der Waals surface area contributed by atoms with Crippen molar-refractivity contribution in [1.82, 2.24) is 5.32 Å². The summed E-state index contributed by atoms with van der Waals surface area (Å²) >= 11 is 1.57. The van der Waals surface area contributed by atoms with Crippen molar-refractivity contribution in [3.05, 3.63) is 66.2 Å². The third-order valence-electron chi connectivity index (χ3n) is 2.73. The number of amides is 1. The Morgan fingerprint density at radius 2 is 1.63 bits per heavy atom. The number of nitrogens with one attached hydrogen (secondary N) is 1. The van der Waals surface area contributed by atoms with Crippen molar-refractivity contribution < 1.29 is 4.79 Å². The Hall–Kier alpha value is -1.74. The van der Waals surface area contributed by atoms with E-state index in [2.05, 4.69) is 5.32 Å². The molecule has 0 spiro atoms. The summed E-state index contributed by atoms with van der Waals surface area (Å²) in [5.41, 5.74) is 1.12. The molecule has 0 fully saturated rings. The first-order valence-corrected chi connectivity index (χ1v) is 7.17. The maximum Gasteiger partial charge on any atom is 0.233 e. The quantitative estimate of drug-likeness (QED) is 0.844. The lowest BCUT2D eigenvalue weighted by molar-refractivity contribution is -0.120. The van der Waals surface area contributed by atoms with Gasteiger partial charge in [0.2, 0.25) is 5.91 Å². The van der Waals surface area contributed by atoms with Gasteiger partial charge in [0.1, 0.15) is 0 Å². The van der Waals surface area contributed by atoms with Crippen molar-refractivity contribution in [2.24, 2.45) is 0 Å². The van der Waals surface area contributed by atoms with Gasteiger partial charge in [0, 0.05) is 11.4 Å². The Kier molecular flexibility index (Phi) is 5.04. The fraction of sp³-hybridized carbons (Fsp3) is 0.188. The number of carbonyl (C=O) groups is 1. The zero-order valence-corrected chi connectivity index (χ0v) is 11.7. The molecule has 0 saturated carbocycles. The molecule has 0 aliphatic rings. The van der Waals surface area contributed by atoms with Crippen LogP contribution in [0.4, 0.5) is 0 Å². The van der Waals surface area contributed by atoms with E-state index in [0.29, 0.717) is 6.54 Å². The zero-order chi connectivity index (χ0) is 13.5. The molecular weight excluding hydrogens is 254 g/mol. The third kappa shape index (κ3) is 4.45. The minimum absolute atomic E-state index is 0.0673. The van der Waals surface area contributed by atoms with Crippen LogP contribution in [0.15, 0.2) is 65.6 Å². The van der Waals surface area contributed by atoms with Gasteiger partial charge < -0.3 is 5.32 Å². The van der Waals surface area contributed by atoms with E-state index in [-0.39, 0.29) is 11.2 Å². The number of carbonyl (C=O) groups excluding carboxylic acids is 1. The van der Waals surface area contributed by atoms with Crippen LogP contribution in [-0.2, 0) is 11.3 Å². The van der Waals surface area contributed by atoms with Crippen molar-refractivity contribution >= 4 is 17.7 Å². The average Bonchev–Trinajstić information content (AvgIpc) is 2.47. The SMILES string of the molecule is CC(Sc1ccccc1)C(=O)NCc1ccccc1. The van der Waals surface area contributed by atoms with E-state index in [1.165, 1.54) is 0 Å². The van der Waals surface area contributed by atoms with Crippen molar-refractivity contribution in [1.29, 1.82) is 0 Å². The average molecular weight is 271 g/mol. The molecule has 1 atom stereocenters. The second-order valence-corrected chi connectivity index (χ2v) is 5.69. The predicted octanol–water partition coefficient (Wildman–Crippen LogP) is 3.48. The van der Waals surface area contributed by atoms with Gasteiger partial charge in [0.15, 0.2) is 0 Å². The minimum Gasteiger partial charge on any atom is -0.351 e. The highest BCUT2D eigenvalue weighted by molar-refractivity contribution is 8.00. The Labute approximate surface area is 118 Å².